The molecule has 2 rings (SSSR count). The van der Waals surface area contributed by atoms with Crippen molar-refractivity contribution in [2.45, 2.75) is 20.0 Å². The lowest BCUT2D eigenvalue weighted by Crippen LogP contribution is -2.14. The molecule has 0 fully saturated rings. The molecule has 0 unspecified atom stereocenters. The Morgan fingerprint density at radius 2 is 1.83 bits per heavy atom. The van der Waals surface area contributed by atoms with E-state index in [1.54, 1.807) is 6.20 Å². The number of hydrogen-bond donors (Lipinski definition) is 1. The van der Waals surface area contributed by atoms with Gasteiger partial charge >= 0.3 is 0 Å². The zero-order valence-electron chi connectivity index (χ0n) is 10.4. The molecule has 18 heavy (non-hydrogen) atoms. The predicted molar refractivity (Wildman–Crippen MR) is 70.7 cm³/mol. The van der Waals surface area contributed by atoms with Crippen LogP contribution in [0, 0.1) is 18.3 Å². The summed E-state index contributed by atoms with van der Waals surface area (Å²) < 4.78 is 0. The summed E-state index contributed by atoms with van der Waals surface area (Å²) >= 11 is 0. The Bertz CT molecular complexity index is 570. The van der Waals surface area contributed by atoms with E-state index in [9.17, 15) is 0 Å². The first-order chi connectivity index (χ1) is 8.81. The van der Waals surface area contributed by atoms with Gasteiger partial charge in [-0.05, 0) is 24.1 Å². The number of nitriles is 1. The van der Waals surface area contributed by atoms with Crippen LogP contribution in [0.4, 0.5) is 0 Å². The average Bonchev–Trinajstić information content (AvgIpc) is 2.41. The topological polar surface area (TPSA) is 48.7 Å². The molecular weight excluding hydrogens is 222 g/mol. The fourth-order valence-corrected chi connectivity index (χ4v) is 1.82. The molecule has 1 heterocycles. The highest BCUT2D eigenvalue weighted by Gasteiger charge is 2.02. The van der Waals surface area contributed by atoms with Crippen molar-refractivity contribution in [3.63, 3.8) is 0 Å². The van der Waals surface area contributed by atoms with Gasteiger partial charge in [0, 0.05) is 24.8 Å². The fourth-order valence-electron chi connectivity index (χ4n) is 1.82. The van der Waals surface area contributed by atoms with Gasteiger partial charge in [-0.1, -0.05) is 30.3 Å². The number of hydrogen-bond acceptors (Lipinski definition) is 3. The molecule has 0 aliphatic heterocycles. The normalized spacial score (nSPS) is 10.0. The lowest BCUT2D eigenvalue weighted by molar-refractivity contribution is 0.687. The van der Waals surface area contributed by atoms with Gasteiger partial charge in [-0.2, -0.15) is 5.26 Å². The van der Waals surface area contributed by atoms with Gasteiger partial charge in [0.15, 0.2) is 0 Å². The SMILES string of the molecule is Cc1ccccc1CNCc1cccnc1C#N. The van der Waals surface area contributed by atoms with Crippen LogP contribution < -0.4 is 5.32 Å². The number of nitrogens with one attached hydrogen (secondary N) is 1. The zero-order valence-corrected chi connectivity index (χ0v) is 10.4. The highest BCUT2D eigenvalue weighted by molar-refractivity contribution is 5.30. The number of aryl methyl sites for hydroxylation is 1. The lowest BCUT2D eigenvalue weighted by Gasteiger charge is -2.08. The van der Waals surface area contributed by atoms with Crippen molar-refractivity contribution in [3.05, 3.63) is 65.0 Å². The molecule has 2 aromatic rings. The molecule has 0 radical (unpaired) electrons. The molecule has 0 spiro atoms. The van der Waals surface area contributed by atoms with Crippen LogP contribution in [0.15, 0.2) is 42.6 Å². The monoisotopic (exact) mass is 237 g/mol. The minimum Gasteiger partial charge on any atom is -0.309 e. The van der Waals surface area contributed by atoms with Crippen LogP contribution in [0.3, 0.4) is 0 Å². The molecule has 0 saturated carbocycles. The van der Waals surface area contributed by atoms with Gasteiger partial charge in [0.25, 0.3) is 0 Å². The molecule has 0 amide bonds. The summed E-state index contributed by atoms with van der Waals surface area (Å²) in [6, 6.07) is 14.2. The number of rotatable bonds is 4. The molecule has 0 saturated heterocycles. The standard InChI is InChI=1S/C15H15N3/c1-12-5-2-3-6-13(12)10-17-11-14-7-4-8-18-15(14)9-16/h2-8,17H,10-11H2,1H3. The van der Waals surface area contributed by atoms with Crippen molar-refractivity contribution in [2.75, 3.05) is 0 Å². The average molecular weight is 237 g/mol. The maximum Gasteiger partial charge on any atom is 0.144 e. The molecule has 3 nitrogen and oxygen atoms in total. The van der Waals surface area contributed by atoms with Crippen molar-refractivity contribution >= 4 is 0 Å². The van der Waals surface area contributed by atoms with E-state index in [0.29, 0.717) is 12.2 Å². The Labute approximate surface area is 107 Å². The van der Waals surface area contributed by atoms with Gasteiger partial charge in [0.05, 0.1) is 0 Å². The van der Waals surface area contributed by atoms with E-state index in [1.807, 2.05) is 24.3 Å². The number of nitrogens with zero attached hydrogens (tertiary/aromatic N) is 2. The summed E-state index contributed by atoms with van der Waals surface area (Å²) in [6.07, 6.45) is 1.64. The molecule has 3 heteroatoms. The van der Waals surface area contributed by atoms with Crippen LogP contribution in [-0.2, 0) is 13.1 Å². The third kappa shape index (κ3) is 2.93. The van der Waals surface area contributed by atoms with Gasteiger partial charge in [0.1, 0.15) is 11.8 Å². The van der Waals surface area contributed by atoms with Crippen molar-refractivity contribution < 1.29 is 0 Å². The van der Waals surface area contributed by atoms with E-state index in [1.165, 1.54) is 11.1 Å². The van der Waals surface area contributed by atoms with Crippen LogP contribution in [0.5, 0.6) is 0 Å². The number of pyridine rings is 1. The van der Waals surface area contributed by atoms with Gasteiger partial charge in [0.2, 0.25) is 0 Å². The van der Waals surface area contributed by atoms with Crippen LogP contribution in [0.2, 0.25) is 0 Å². The zero-order chi connectivity index (χ0) is 12.8. The first-order valence-corrected chi connectivity index (χ1v) is 5.90. The molecule has 1 aromatic carbocycles. The third-order valence-corrected chi connectivity index (χ3v) is 2.89. The summed E-state index contributed by atoms with van der Waals surface area (Å²) in [4.78, 5) is 4.04. The van der Waals surface area contributed by atoms with E-state index < -0.39 is 0 Å². The minimum absolute atomic E-state index is 0.495. The summed E-state index contributed by atoms with van der Waals surface area (Å²) in [5, 5.41) is 12.3. The smallest absolute Gasteiger partial charge is 0.144 e. The van der Waals surface area contributed by atoms with E-state index in [-0.39, 0.29) is 0 Å². The Morgan fingerprint density at radius 3 is 2.61 bits per heavy atom. The molecule has 1 aromatic heterocycles. The van der Waals surface area contributed by atoms with Crippen molar-refractivity contribution in [3.8, 4) is 6.07 Å². The van der Waals surface area contributed by atoms with Gasteiger partial charge in [-0.15, -0.1) is 0 Å². The van der Waals surface area contributed by atoms with Gasteiger partial charge in [-0.3, -0.25) is 0 Å². The lowest BCUT2D eigenvalue weighted by atomic mass is 10.1. The second-order valence-electron chi connectivity index (χ2n) is 4.15. The second-order valence-corrected chi connectivity index (χ2v) is 4.15. The molecule has 90 valence electrons. The quantitative estimate of drug-likeness (QED) is 0.889. The molecule has 1 N–H and O–H groups in total. The highest BCUT2D eigenvalue weighted by atomic mass is 14.9. The first kappa shape index (κ1) is 12.3. The van der Waals surface area contributed by atoms with Crippen LogP contribution in [0.1, 0.15) is 22.4 Å². The number of benzene rings is 1. The highest BCUT2D eigenvalue weighted by Crippen LogP contribution is 2.08. The van der Waals surface area contributed by atoms with Crippen LogP contribution in [0.25, 0.3) is 0 Å². The number of aromatic nitrogens is 1. The Hall–Kier alpha value is -2.18. The molecule has 0 atom stereocenters. The molecule has 0 bridgehead atoms. The second kappa shape index (κ2) is 5.95. The first-order valence-electron chi connectivity index (χ1n) is 5.90. The van der Waals surface area contributed by atoms with Crippen molar-refractivity contribution in [2.24, 2.45) is 0 Å². The van der Waals surface area contributed by atoms with Crippen LogP contribution >= 0.6 is 0 Å². The van der Waals surface area contributed by atoms with E-state index >= 15 is 0 Å². The Balaban J connectivity index is 1.97. The Morgan fingerprint density at radius 1 is 1.11 bits per heavy atom. The minimum atomic E-state index is 0.495. The van der Waals surface area contributed by atoms with Gasteiger partial charge in [-0.25, -0.2) is 4.98 Å². The van der Waals surface area contributed by atoms with Crippen molar-refractivity contribution in [1.82, 2.24) is 10.3 Å². The Kier molecular flexibility index (Phi) is 4.06. The predicted octanol–water partition coefficient (Wildman–Crippen LogP) is 2.55. The van der Waals surface area contributed by atoms with E-state index in [2.05, 4.69) is 35.4 Å². The maximum absolute atomic E-state index is 8.94. The summed E-state index contributed by atoms with van der Waals surface area (Å²) in [5.74, 6) is 0. The van der Waals surface area contributed by atoms with Gasteiger partial charge < -0.3 is 5.32 Å². The van der Waals surface area contributed by atoms with E-state index in [0.717, 1.165) is 12.1 Å². The largest absolute Gasteiger partial charge is 0.309 e. The van der Waals surface area contributed by atoms with Crippen molar-refractivity contribution in [1.29, 1.82) is 5.26 Å². The fraction of sp³-hybridized carbons (Fsp3) is 0.200. The molecule has 0 aliphatic rings. The maximum atomic E-state index is 8.94. The van der Waals surface area contributed by atoms with Crippen LogP contribution in [-0.4, -0.2) is 4.98 Å². The summed E-state index contributed by atoms with van der Waals surface area (Å²) in [5.41, 5.74) is 3.99. The van der Waals surface area contributed by atoms with E-state index in [4.69, 9.17) is 5.26 Å². The summed E-state index contributed by atoms with van der Waals surface area (Å²) in [6.45, 7) is 3.55. The molecule has 0 aliphatic carbocycles. The molecular formula is C15H15N3. The third-order valence-electron chi connectivity index (χ3n) is 2.89. The summed E-state index contributed by atoms with van der Waals surface area (Å²) in [7, 11) is 0.